The van der Waals surface area contributed by atoms with Crippen LogP contribution in [0.3, 0.4) is 0 Å². The summed E-state index contributed by atoms with van der Waals surface area (Å²) in [5, 5.41) is 20.8. The molecule has 0 saturated heterocycles. The Morgan fingerprint density at radius 2 is 1.82 bits per heavy atom. The molecule has 3 aromatic rings. The van der Waals surface area contributed by atoms with Gasteiger partial charge in [-0.05, 0) is 29.7 Å². The minimum Gasteiger partial charge on any atom is -0.506 e. The first-order valence-electron chi connectivity index (χ1n) is 6.65. The Labute approximate surface area is 132 Å². The number of benzene rings is 3. The van der Waals surface area contributed by atoms with E-state index in [0.29, 0.717) is 22.1 Å². The van der Waals surface area contributed by atoms with E-state index in [1.807, 2.05) is 30.3 Å². The highest BCUT2D eigenvalue weighted by Crippen LogP contribution is 2.37. The Hall–Kier alpha value is -2.59. The van der Waals surface area contributed by atoms with Gasteiger partial charge < -0.3 is 9.84 Å². The molecule has 3 aromatic carbocycles. The van der Waals surface area contributed by atoms with Gasteiger partial charge in [0.1, 0.15) is 22.9 Å². The van der Waals surface area contributed by atoms with Crippen LogP contribution in [0.25, 0.3) is 10.8 Å². The lowest BCUT2D eigenvalue weighted by molar-refractivity contribution is 0.416. The van der Waals surface area contributed by atoms with Gasteiger partial charge >= 0.3 is 0 Å². The SMILES string of the molecule is COc1ccc(Cl)cc1N=Nc1c(O)ccc2ccccc12. The molecule has 0 heterocycles. The van der Waals surface area contributed by atoms with Crippen molar-refractivity contribution >= 4 is 33.7 Å². The number of nitrogens with zero attached hydrogens (tertiary/aromatic N) is 2. The lowest BCUT2D eigenvalue weighted by Gasteiger charge is -2.05. The first-order valence-corrected chi connectivity index (χ1v) is 7.03. The Morgan fingerprint density at radius 3 is 2.64 bits per heavy atom. The molecule has 4 nitrogen and oxygen atoms in total. The number of aromatic hydroxyl groups is 1. The van der Waals surface area contributed by atoms with Gasteiger partial charge in [-0.3, -0.25) is 0 Å². The highest BCUT2D eigenvalue weighted by molar-refractivity contribution is 6.30. The third-order valence-electron chi connectivity index (χ3n) is 3.28. The van der Waals surface area contributed by atoms with Gasteiger partial charge in [0, 0.05) is 10.4 Å². The molecule has 110 valence electrons. The Kier molecular flexibility index (Phi) is 3.94. The maximum atomic E-state index is 10.1. The monoisotopic (exact) mass is 312 g/mol. The summed E-state index contributed by atoms with van der Waals surface area (Å²) in [5.74, 6) is 0.635. The van der Waals surface area contributed by atoms with E-state index < -0.39 is 0 Å². The normalized spacial score (nSPS) is 11.2. The number of phenols is 1. The van der Waals surface area contributed by atoms with Crippen LogP contribution < -0.4 is 4.74 Å². The molecule has 0 aromatic heterocycles. The van der Waals surface area contributed by atoms with E-state index in [9.17, 15) is 5.11 Å². The molecular weight excluding hydrogens is 300 g/mol. The number of methoxy groups -OCH3 is 1. The van der Waals surface area contributed by atoms with Gasteiger partial charge in [-0.25, -0.2) is 0 Å². The van der Waals surface area contributed by atoms with Crippen LogP contribution in [0.1, 0.15) is 0 Å². The van der Waals surface area contributed by atoms with Crippen LogP contribution in [0, 0.1) is 0 Å². The number of hydrogen-bond donors (Lipinski definition) is 1. The van der Waals surface area contributed by atoms with Crippen molar-refractivity contribution in [1.29, 1.82) is 0 Å². The average molecular weight is 313 g/mol. The third kappa shape index (κ3) is 2.73. The molecule has 1 N–H and O–H groups in total. The van der Waals surface area contributed by atoms with Gasteiger partial charge in [-0.2, -0.15) is 0 Å². The van der Waals surface area contributed by atoms with E-state index in [2.05, 4.69) is 10.2 Å². The number of hydrogen-bond acceptors (Lipinski definition) is 4. The smallest absolute Gasteiger partial charge is 0.146 e. The summed E-state index contributed by atoms with van der Waals surface area (Å²) in [5.41, 5.74) is 0.919. The van der Waals surface area contributed by atoms with Crippen molar-refractivity contribution in [2.24, 2.45) is 10.2 Å². The lowest BCUT2D eigenvalue weighted by atomic mass is 10.1. The molecule has 3 rings (SSSR count). The third-order valence-corrected chi connectivity index (χ3v) is 3.51. The number of phenolic OH excluding ortho intramolecular Hbond substituents is 1. The van der Waals surface area contributed by atoms with Crippen LogP contribution in [0.2, 0.25) is 5.02 Å². The van der Waals surface area contributed by atoms with E-state index in [1.54, 1.807) is 31.4 Å². The summed E-state index contributed by atoms with van der Waals surface area (Å²) in [6.07, 6.45) is 0. The summed E-state index contributed by atoms with van der Waals surface area (Å²) >= 11 is 5.98. The quantitative estimate of drug-likeness (QED) is 0.638. The topological polar surface area (TPSA) is 54.2 Å². The minimum absolute atomic E-state index is 0.0726. The van der Waals surface area contributed by atoms with E-state index in [1.165, 1.54) is 0 Å². The zero-order valence-electron chi connectivity index (χ0n) is 11.8. The molecule has 0 fully saturated rings. The van der Waals surface area contributed by atoms with Gasteiger partial charge in [0.05, 0.1) is 7.11 Å². The molecule has 5 heteroatoms. The lowest BCUT2D eigenvalue weighted by Crippen LogP contribution is -1.82. The van der Waals surface area contributed by atoms with Gasteiger partial charge in [-0.15, -0.1) is 10.2 Å². The van der Waals surface area contributed by atoms with Gasteiger partial charge in [0.2, 0.25) is 0 Å². The average Bonchev–Trinajstić information content (AvgIpc) is 2.54. The van der Waals surface area contributed by atoms with Crippen LogP contribution in [-0.2, 0) is 0 Å². The van der Waals surface area contributed by atoms with E-state index in [4.69, 9.17) is 16.3 Å². The Morgan fingerprint density at radius 1 is 1.00 bits per heavy atom. The number of rotatable bonds is 3. The van der Waals surface area contributed by atoms with Crippen molar-refractivity contribution in [2.45, 2.75) is 0 Å². The van der Waals surface area contributed by atoms with Crippen molar-refractivity contribution in [1.82, 2.24) is 0 Å². The molecule has 22 heavy (non-hydrogen) atoms. The standard InChI is InChI=1S/C17H13ClN2O2/c1-22-16-9-7-12(18)10-14(16)19-20-17-13-5-3-2-4-11(13)6-8-15(17)21/h2-10,21H,1H3. The molecule has 0 amide bonds. The fourth-order valence-electron chi connectivity index (χ4n) is 2.19. The largest absolute Gasteiger partial charge is 0.506 e. The fourth-order valence-corrected chi connectivity index (χ4v) is 2.36. The Bertz CT molecular complexity index is 862. The van der Waals surface area contributed by atoms with Gasteiger partial charge in [0.25, 0.3) is 0 Å². The second-order valence-electron chi connectivity index (χ2n) is 4.67. The molecule has 0 atom stereocenters. The highest BCUT2D eigenvalue weighted by Gasteiger charge is 2.07. The van der Waals surface area contributed by atoms with Crippen molar-refractivity contribution in [3.05, 3.63) is 59.6 Å². The summed E-state index contributed by atoms with van der Waals surface area (Å²) in [7, 11) is 1.55. The maximum absolute atomic E-state index is 10.1. The van der Waals surface area contributed by atoms with Crippen molar-refractivity contribution < 1.29 is 9.84 Å². The second kappa shape index (κ2) is 6.03. The predicted molar refractivity (Wildman–Crippen MR) is 87.8 cm³/mol. The molecule has 0 aliphatic heterocycles. The second-order valence-corrected chi connectivity index (χ2v) is 5.11. The van der Waals surface area contributed by atoms with Gasteiger partial charge in [-0.1, -0.05) is 41.9 Å². The summed E-state index contributed by atoms with van der Waals surface area (Å²) < 4.78 is 5.23. The highest BCUT2D eigenvalue weighted by atomic mass is 35.5. The van der Waals surface area contributed by atoms with Crippen LogP contribution in [0.15, 0.2) is 64.8 Å². The number of fused-ring (bicyclic) bond motifs is 1. The van der Waals surface area contributed by atoms with Crippen molar-refractivity contribution in [2.75, 3.05) is 7.11 Å². The Balaban J connectivity index is 2.10. The summed E-state index contributed by atoms with van der Waals surface area (Å²) in [6.45, 7) is 0. The minimum atomic E-state index is 0.0726. The van der Waals surface area contributed by atoms with Crippen LogP contribution >= 0.6 is 11.6 Å². The first kappa shape index (κ1) is 14.4. The molecule has 0 unspecified atom stereocenters. The molecule has 0 saturated carbocycles. The fraction of sp³-hybridized carbons (Fsp3) is 0.0588. The zero-order chi connectivity index (χ0) is 15.5. The summed E-state index contributed by atoms with van der Waals surface area (Å²) in [6, 6.07) is 16.2. The van der Waals surface area contributed by atoms with Crippen molar-refractivity contribution in [3.63, 3.8) is 0 Å². The number of ether oxygens (including phenoxy) is 1. The summed E-state index contributed by atoms with van der Waals surface area (Å²) in [4.78, 5) is 0. The van der Waals surface area contributed by atoms with Crippen molar-refractivity contribution in [3.8, 4) is 11.5 Å². The van der Waals surface area contributed by atoms with E-state index >= 15 is 0 Å². The zero-order valence-corrected chi connectivity index (χ0v) is 12.6. The molecule has 0 radical (unpaired) electrons. The molecule has 0 aliphatic rings. The van der Waals surface area contributed by atoms with Gasteiger partial charge in [0.15, 0.2) is 0 Å². The van der Waals surface area contributed by atoms with Crippen LogP contribution in [0.4, 0.5) is 11.4 Å². The van der Waals surface area contributed by atoms with E-state index in [0.717, 1.165) is 10.8 Å². The molecule has 0 spiro atoms. The van der Waals surface area contributed by atoms with Crippen LogP contribution in [0.5, 0.6) is 11.5 Å². The van der Waals surface area contributed by atoms with E-state index in [-0.39, 0.29) is 5.75 Å². The molecule has 0 bridgehead atoms. The molecular formula is C17H13ClN2O2. The maximum Gasteiger partial charge on any atom is 0.146 e. The number of halogens is 1. The number of azo groups is 1. The predicted octanol–water partition coefficient (Wildman–Crippen LogP) is 5.62. The molecule has 0 aliphatic carbocycles. The first-order chi connectivity index (χ1) is 10.7. The van der Waals surface area contributed by atoms with Crippen LogP contribution in [-0.4, -0.2) is 12.2 Å².